The van der Waals surface area contributed by atoms with Gasteiger partial charge in [0, 0.05) is 24.0 Å². The molecule has 1 heterocycles. The Balaban J connectivity index is 2.28. The number of nitrogens with zero attached hydrogens (tertiary/aromatic N) is 1. The molecule has 0 aromatic carbocycles. The molecule has 1 atom stereocenters. The highest BCUT2D eigenvalue weighted by molar-refractivity contribution is 5.69. The second-order valence-corrected chi connectivity index (χ2v) is 6.32. The molecule has 1 aliphatic rings. The lowest BCUT2D eigenvalue weighted by Gasteiger charge is -2.34. The van der Waals surface area contributed by atoms with Crippen molar-refractivity contribution in [2.75, 3.05) is 7.11 Å². The molecule has 1 unspecified atom stereocenters. The average molecular weight is 264 g/mol. The van der Waals surface area contributed by atoms with Gasteiger partial charge < -0.3 is 15.0 Å². The van der Waals surface area contributed by atoms with Crippen LogP contribution in [0.5, 0.6) is 0 Å². The summed E-state index contributed by atoms with van der Waals surface area (Å²) in [5, 5.41) is 0. The van der Waals surface area contributed by atoms with Gasteiger partial charge >= 0.3 is 5.97 Å². The maximum atomic E-state index is 11.3. The molecule has 0 saturated carbocycles. The number of fused-ring (bicyclic) bond motifs is 1. The summed E-state index contributed by atoms with van der Waals surface area (Å²) in [4.78, 5) is 11.3. The summed E-state index contributed by atoms with van der Waals surface area (Å²) in [5.74, 6) is -0.166. The van der Waals surface area contributed by atoms with Gasteiger partial charge in [-0.25, -0.2) is 0 Å². The molecule has 0 spiro atoms. The fourth-order valence-corrected chi connectivity index (χ4v) is 3.12. The standard InChI is InChI=1S/C15H24N2O2/c1-10-7-11-12(16)8-15(2,3)9-13(11)17(10)6-5-14(18)19-4/h7,12H,5-6,8-9,16H2,1-4H3. The summed E-state index contributed by atoms with van der Waals surface area (Å²) in [6.07, 6.45) is 2.44. The first kappa shape index (κ1) is 14.1. The summed E-state index contributed by atoms with van der Waals surface area (Å²) >= 11 is 0. The highest BCUT2D eigenvalue weighted by Gasteiger charge is 2.33. The Morgan fingerprint density at radius 1 is 1.58 bits per heavy atom. The van der Waals surface area contributed by atoms with E-state index >= 15 is 0 Å². The first-order valence-corrected chi connectivity index (χ1v) is 6.85. The SMILES string of the molecule is COC(=O)CCn1c(C)cc2c1CC(C)(C)CC2N. The molecule has 1 aliphatic carbocycles. The fraction of sp³-hybridized carbons (Fsp3) is 0.667. The molecule has 0 saturated heterocycles. The molecule has 1 aromatic rings. The summed E-state index contributed by atoms with van der Waals surface area (Å²) in [5.41, 5.74) is 10.2. The molecule has 106 valence electrons. The number of ether oxygens (including phenoxy) is 1. The third-order valence-corrected chi connectivity index (χ3v) is 4.03. The molecule has 2 N–H and O–H groups in total. The predicted octanol–water partition coefficient (Wildman–Crippen LogP) is 2.33. The number of methoxy groups -OCH3 is 1. The van der Waals surface area contributed by atoms with Crippen molar-refractivity contribution < 1.29 is 9.53 Å². The molecule has 0 amide bonds. The first-order chi connectivity index (χ1) is 8.84. The average Bonchev–Trinajstić information content (AvgIpc) is 2.61. The third kappa shape index (κ3) is 2.84. The van der Waals surface area contributed by atoms with Crippen molar-refractivity contribution in [1.29, 1.82) is 0 Å². The lowest BCUT2D eigenvalue weighted by atomic mass is 9.74. The zero-order valence-electron chi connectivity index (χ0n) is 12.3. The molecule has 0 radical (unpaired) electrons. The van der Waals surface area contributed by atoms with Crippen molar-refractivity contribution in [2.24, 2.45) is 11.1 Å². The van der Waals surface area contributed by atoms with E-state index in [1.807, 2.05) is 0 Å². The molecule has 4 heteroatoms. The van der Waals surface area contributed by atoms with Crippen LogP contribution in [0.4, 0.5) is 0 Å². The van der Waals surface area contributed by atoms with Gasteiger partial charge in [-0.3, -0.25) is 4.79 Å². The molecule has 19 heavy (non-hydrogen) atoms. The van der Waals surface area contributed by atoms with Crippen LogP contribution in [0.2, 0.25) is 0 Å². The maximum absolute atomic E-state index is 11.3. The van der Waals surface area contributed by atoms with Crippen LogP contribution in [-0.2, 0) is 22.5 Å². The number of hydrogen-bond donors (Lipinski definition) is 1. The summed E-state index contributed by atoms with van der Waals surface area (Å²) in [6, 6.07) is 2.28. The number of nitrogens with two attached hydrogens (primary N) is 1. The molecule has 0 fully saturated rings. The normalized spacial score (nSPS) is 21.0. The molecular weight excluding hydrogens is 240 g/mol. The van der Waals surface area contributed by atoms with E-state index in [0.717, 1.165) is 12.8 Å². The van der Waals surface area contributed by atoms with E-state index in [2.05, 4.69) is 31.4 Å². The van der Waals surface area contributed by atoms with Crippen LogP contribution in [-0.4, -0.2) is 17.6 Å². The fourth-order valence-electron chi connectivity index (χ4n) is 3.12. The van der Waals surface area contributed by atoms with Gasteiger partial charge in [-0.15, -0.1) is 0 Å². The predicted molar refractivity (Wildman–Crippen MR) is 74.8 cm³/mol. The van der Waals surface area contributed by atoms with Gasteiger partial charge in [-0.05, 0) is 36.8 Å². The number of rotatable bonds is 3. The van der Waals surface area contributed by atoms with E-state index in [4.69, 9.17) is 10.5 Å². The van der Waals surface area contributed by atoms with Crippen molar-refractivity contribution in [2.45, 2.75) is 52.6 Å². The van der Waals surface area contributed by atoms with E-state index in [-0.39, 0.29) is 17.4 Å². The summed E-state index contributed by atoms with van der Waals surface area (Å²) < 4.78 is 6.95. The Kier molecular flexibility index (Phi) is 3.72. The minimum absolute atomic E-state index is 0.108. The zero-order valence-corrected chi connectivity index (χ0v) is 12.3. The zero-order chi connectivity index (χ0) is 14.2. The Morgan fingerprint density at radius 2 is 2.26 bits per heavy atom. The summed E-state index contributed by atoms with van der Waals surface area (Å²) in [6.45, 7) is 7.26. The quantitative estimate of drug-likeness (QED) is 0.852. The number of aryl methyl sites for hydroxylation is 1. The highest BCUT2D eigenvalue weighted by atomic mass is 16.5. The molecule has 2 rings (SSSR count). The van der Waals surface area contributed by atoms with Crippen molar-refractivity contribution in [3.8, 4) is 0 Å². The Labute approximate surface area is 114 Å². The van der Waals surface area contributed by atoms with Gasteiger partial charge in [0.05, 0.1) is 13.5 Å². The van der Waals surface area contributed by atoms with E-state index in [1.165, 1.54) is 24.1 Å². The van der Waals surface area contributed by atoms with Crippen LogP contribution in [0.15, 0.2) is 6.07 Å². The molecular formula is C15H24N2O2. The molecule has 0 aliphatic heterocycles. The van der Waals surface area contributed by atoms with Crippen molar-refractivity contribution >= 4 is 5.97 Å². The van der Waals surface area contributed by atoms with Crippen molar-refractivity contribution in [3.63, 3.8) is 0 Å². The monoisotopic (exact) mass is 264 g/mol. The number of esters is 1. The number of hydrogen-bond acceptors (Lipinski definition) is 3. The van der Waals surface area contributed by atoms with Crippen molar-refractivity contribution in [1.82, 2.24) is 4.57 Å². The summed E-state index contributed by atoms with van der Waals surface area (Å²) in [7, 11) is 1.43. The van der Waals surface area contributed by atoms with Crippen LogP contribution >= 0.6 is 0 Å². The van der Waals surface area contributed by atoms with E-state index in [9.17, 15) is 4.79 Å². The molecule has 4 nitrogen and oxygen atoms in total. The van der Waals surface area contributed by atoms with Gasteiger partial charge in [0.15, 0.2) is 0 Å². The Hall–Kier alpha value is -1.29. The second kappa shape index (κ2) is 5.00. The number of carbonyl (C=O) groups excluding carboxylic acids is 1. The van der Waals surface area contributed by atoms with Gasteiger partial charge in [0.2, 0.25) is 0 Å². The highest BCUT2D eigenvalue weighted by Crippen LogP contribution is 2.40. The van der Waals surface area contributed by atoms with E-state index < -0.39 is 0 Å². The number of carbonyl (C=O) groups is 1. The van der Waals surface area contributed by atoms with Crippen LogP contribution < -0.4 is 5.73 Å². The largest absolute Gasteiger partial charge is 0.469 e. The maximum Gasteiger partial charge on any atom is 0.307 e. The van der Waals surface area contributed by atoms with Crippen molar-refractivity contribution in [3.05, 3.63) is 23.0 Å². The van der Waals surface area contributed by atoms with Crippen LogP contribution in [0.25, 0.3) is 0 Å². The second-order valence-electron chi connectivity index (χ2n) is 6.32. The van der Waals surface area contributed by atoms with Crippen LogP contribution in [0.1, 0.15) is 49.7 Å². The van der Waals surface area contributed by atoms with Gasteiger partial charge in [0.25, 0.3) is 0 Å². The van der Waals surface area contributed by atoms with E-state index in [0.29, 0.717) is 13.0 Å². The smallest absolute Gasteiger partial charge is 0.307 e. The van der Waals surface area contributed by atoms with Crippen LogP contribution in [0.3, 0.4) is 0 Å². The van der Waals surface area contributed by atoms with Crippen LogP contribution in [0, 0.1) is 12.3 Å². The minimum Gasteiger partial charge on any atom is -0.469 e. The Bertz CT molecular complexity index is 489. The van der Waals surface area contributed by atoms with Gasteiger partial charge in [-0.2, -0.15) is 0 Å². The third-order valence-electron chi connectivity index (χ3n) is 4.03. The molecule has 1 aromatic heterocycles. The minimum atomic E-state index is -0.166. The topological polar surface area (TPSA) is 57.2 Å². The number of aromatic nitrogens is 1. The Morgan fingerprint density at radius 3 is 2.89 bits per heavy atom. The van der Waals surface area contributed by atoms with Gasteiger partial charge in [-0.1, -0.05) is 13.8 Å². The van der Waals surface area contributed by atoms with Gasteiger partial charge in [0.1, 0.15) is 0 Å². The molecule has 0 bridgehead atoms. The van der Waals surface area contributed by atoms with E-state index in [1.54, 1.807) is 0 Å². The first-order valence-electron chi connectivity index (χ1n) is 6.85. The lowest BCUT2D eigenvalue weighted by Crippen LogP contribution is -2.30. The lowest BCUT2D eigenvalue weighted by molar-refractivity contribution is -0.140.